The van der Waals surface area contributed by atoms with Gasteiger partial charge in [0, 0.05) is 5.75 Å². The van der Waals surface area contributed by atoms with Crippen molar-refractivity contribution >= 4 is 9.84 Å². The molecule has 0 saturated heterocycles. The van der Waals surface area contributed by atoms with Crippen LogP contribution in [0, 0.1) is 0 Å². The van der Waals surface area contributed by atoms with Gasteiger partial charge in [-0.05, 0) is 17.0 Å². The van der Waals surface area contributed by atoms with Crippen molar-refractivity contribution in [2.75, 3.05) is 18.1 Å². The van der Waals surface area contributed by atoms with Gasteiger partial charge in [0.15, 0.2) is 9.84 Å². The lowest BCUT2D eigenvalue weighted by Crippen LogP contribution is -2.18. The molecule has 0 saturated carbocycles. The molecule has 102 valence electrons. The molecule has 0 aliphatic carbocycles. The fraction of sp³-hybridized carbons (Fsp3) is 0.571. The summed E-state index contributed by atoms with van der Waals surface area (Å²) in [5.41, 5.74) is 1.08. The topological polar surface area (TPSA) is 43.4 Å². The third-order valence-corrected chi connectivity index (χ3v) is 4.46. The van der Waals surface area contributed by atoms with Crippen molar-refractivity contribution in [1.29, 1.82) is 0 Å². The van der Waals surface area contributed by atoms with E-state index in [0.29, 0.717) is 0 Å². The molecule has 0 fully saturated rings. The maximum Gasteiger partial charge on any atom is 0.153 e. The van der Waals surface area contributed by atoms with Crippen LogP contribution >= 0.6 is 0 Å². The summed E-state index contributed by atoms with van der Waals surface area (Å²) in [7, 11) is -2.96. The molecule has 0 N–H and O–H groups in total. The van der Waals surface area contributed by atoms with E-state index >= 15 is 0 Å². The first-order chi connectivity index (χ1) is 8.26. The Bertz CT molecular complexity index is 484. The highest BCUT2D eigenvalue weighted by Gasteiger charge is 2.18. The molecule has 4 heteroatoms. The highest BCUT2D eigenvalue weighted by atomic mass is 32.2. The first-order valence-electron chi connectivity index (χ1n) is 6.19. The normalized spacial score (nSPS) is 12.4. The molecular weight excluding hydrogens is 248 g/mol. The molecule has 0 amide bonds. The SMILES string of the molecule is CCS(=O)(=O)CCOc1ccccc1C(C)(C)C. The number of para-hydroxylation sites is 1. The van der Waals surface area contributed by atoms with Crippen LogP contribution in [0.3, 0.4) is 0 Å². The lowest BCUT2D eigenvalue weighted by Gasteiger charge is -2.22. The van der Waals surface area contributed by atoms with Crippen molar-refractivity contribution in [3.63, 3.8) is 0 Å². The van der Waals surface area contributed by atoms with Crippen LogP contribution in [0.5, 0.6) is 5.75 Å². The van der Waals surface area contributed by atoms with Gasteiger partial charge in [0.1, 0.15) is 12.4 Å². The Hall–Kier alpha value is -1.03. The summed E-state index contributed by atoms with van der Waals surface area (Å²) in [5.74, 6) is 1.01. The Balaban J connectivity index is 2.75. The van der Waals surface area contributed by atoms with Gasteiger partial charge in [-0.1, -0.05) is 45.9 Å². The number of rotatable bonds is 5. The summed E-state index contributed by atoms with van der Waals surface area (Å²) in [6.07, 6.45) is 0. The Morgan fingerprint density at radius 1 is 1.17 bits per heavy atom. The summed E-state index contributed by atoms with van der Waals surface area (Å²) in [5, 5.41) is 0. The van der Waals surface area contributed by atoms with Crippen molar-refractivity contribution in [3.8, 4) is 5.75 Å². The second-order valence-electron chi connectivity index (χ2n) is 5.33. The van der Waals surface area contributed by atoms with Crippen LogP contribution in [-0.4, -0.2) is 26.5 Å². The molecule has 18 heavy (non-hydrogen) atoms. The Morgan fingerprint density at radius 2 is 1.78 bits per heavy atom. The van der Waals surface area contributed by atoms with E-state index in [1.165, 1.54) is 0 Å². The summed E-state index contributed by atoms with van der Waals surface area (Å²) in [4.78, 5) is 0. The van der Waals surface area contributed by atoms with Crippen LogP contribution in [0.4, 0.5) is 0 Å². The average molecular weight is 270 g/mol. The van der Waals surface area contributed by atoms with Gasteiger partial charge in [-0.2, -0.15) is 0 Å². The van der Waals surface area contributed by atoms with Gasteiger partial charge in [0.2, 0.25) is 0 Å². The highest BCUT2D eigenvalue weighted by Crippen LogP contribution is 2.30. The summed E-state index contributed by atoms with van der Waals surface area (Å²) < 4.78 is 28.4. The van der Waals surface area contributed by atoms with Gasteiger partial charge in [0.05, 0.1) is 5.75 Å². The second kappa shape index (κ2) is 5.74. The lowest BCUT2D eigenvalue weighted by atomic mass is 9.86. The van der Waals surface area contributed by atoms with Gasteiger partial charge >= 0.3 is 0 Å². The van der Waals surface area contributed by atoms with Crippen LogP contribution in [0.1, 0.15) is 33.3 Å². The second-order valence-corrected chi connectivity index (χ2v) is 7.80. The molecule has 0 bridgehead atoms. The molecule has 0 atom stereocenters. The Labute approximate surface area is 110 Å². The predicted molar refractivity (Wildman–Crippen MR) is 75.0 cm³/mol. The van der Waals surface area contributed by atoms with Gasteiger partial charge in [-0.3, -0.25) is 0 Å². The maximum absolute atomic E-state index is 11.4. The molecule has 0 heterocycles. The minimum Gasteiger partial charge on any atom is -0.492 e. The predicted octanol–water partition coefficient (Wildman–Crippen LogP) is 2.80. The zero-order valence-corrected chi connectivity index (χ0v) is 12.4. The Morgan fingerprint density at radius 3 is 2.33 bits per heavy atom. The van der Waals surface area contributed by atoms with Gasteiger partial charge in [-0.15, -0.1) is 0 Å². The number of sulfone groups is 1. The summed E-state index contributed by atoms with van der Waals surface area (Å²) in [6.45, 7) is 8.19. The first-order valence-corrected chi connectivity index (χ1v) is 8.01. The molecule has 0 aliphatic rings. The van der Waals surface area contributed by atoms with Gasteiger partial charge < -0.3 is 4.74 Å². The van der Waals surface area contributed by atoms with Gasteiger partial charge in [0.25, 0.3) is 0 Å². The molecule has 3 nitrogen and oxygen atoms in total. The van der Waals surface area contributed by atoms with Gasteiger partial charge in [-0.25, -0.2) is 8.42 Å². The third kappa shape index (κ3) is 4.33. The van der Waals surface area contributed by atoms with E-state index < -0.39 is 9.84 Å². The highest BCUT2D eigenvalue weighted by molar-refractivity contribution is 7.91. The van der Waals surface area contributed by atoms with E-state index in [2.05, 4.69) is 20.8 Å². The smallest absolute Gasteiger partial charge is 0.153 e. The molecule has 0 radical (unpaired) electrons. The average Bonchev–Trinajstić information content (AvgIpc) is 2.28. The quantitative estimate of drug-likeness (QED) is 0.826. The van der Waals surface area contributed by atoms with E-state index in [1.54, 1.807) is 6.92 Å². The van der Waals surface area contributed by atoms with Crippen molar-refractivity contribution in [2.45, 2.75) is 33.1 Å². The number of ether oxygens (including phenoxy) is 1. The Kier molecular flexibility index (Phi) is 4.79. The molecule has 0 aliphatic heterocycles. The number of benzene rings is 1. The van der Waals surface area contributed by atoms with Crippen molar-refractivity contribution in [2.24, 2.45) is 0 Å². The van der Waals surface area contributed by atoms with Crippen molar-refractivity contribution < 1.29 is 13.2 Å². The molecule has 1 rings (SSSR count). The van der Waals surface area contributed by atoms with E-state index in [9.17, 15) is 8.42 Å². The third-order valence-electron chi connectivity index (χ3n) is 2.79. The van der Waals surface area contributed by atoms with E-state index in [4.69, 9.17) is 4.74 Å². The molecule has 0 spiro atoms. The van der Waals surface area contributed by atoms with E-state index in [1.807, 2.05) is 24.3 Å². The number of hydrogen-bond donors (Lipinski definition) is 0. The van der Waals surface area contributed by atoms with E-state index in [0.717, 1.165) is 11.3 Å². The summed E-state index contributed by atoms with van der Waals surface area (Å²) in [6, 6.07) is 7.78. The minimum atomic E-state index is -2.96. The van der Waals surface area contributed by atoms with Crippen molar-refractivity contribution in [3.05, 3.63) is 29.8 Å². The van der Waals surface area contributed by atoms with E-state index in [-0.39, 0.29) is 23.5 Å². The zero-order valence-electron chi connectivity index (χ0n) is 11.6. The standard InChI is InChI=1S/C14H22O3S/c1-5-18(15,16)11-10-17-13-9-7-6-8-12(13)14(2,3)4/h6-9H,5,10-11H2,1-4H3. The lowest BCUT2D eigenvalue weighted by molar-refractivity contribution is 0.330. The fourth-order valence-electron chi connectivity index (χ4n) is 1.64. The fourth-order valence-corrected chi connectivity index (χ4v) is 2.26. The molecule has 0 unspecified atom stereocenters. The first kappa shape index (κ1) is 15.0. The zero-order chi connectivity index (χ0) is 13.8. The molecule has 1 aromatic carbocycles. The monoisotopic (exact) mass is 270 g/mol. The largest absolute Gasteiger partial charge is 0.492 e. The summed E-state index contributed by atoms with van der Waals surface area (Å²) >= 11 is 0. The minimum absolute atomic E-state index is 0.0137. The van der Waals surface area contributed by atoms with Crippen LogP contribution in [0.15, 0.2) is 24.3 Å². The molecule has 1 aromatic rings. The number of hydrogen-bond acceptors (Lipinski definition) is 3. The van der Waals surface area contributed by atoms with Crippen LogP contribution in [-0.2, 0) is 15.3 Å². The molecule has 0 aromatic heterocycles. The van der Waals surface area contributed by atoms with Crippen LogP contribution < -0.4 is 4.74 Å². The van der Waals surface area contributed by atoms with Crippen molar-refractivity contribution in [1.82, 2.24) is 0 Å². The maximum atomic E-state index is 11.4. The van der Waals surface area contributed by atoms with Crippen LogP contribution in [0.2, 0.25) is 0 Å². The van der Waals surface area contributed by atoms with Crippen LogP contribution in [0.25, 0.3) is 0 Å². The molecular formula is C14H22O3S.